The lowest BCUT2D eigenvalue weighted by molar-refractivity contribution is 0.1000. The van der Waals surface area contributed by atoms with Crippen molar-refractivity contribution in [2.45, 2.75) is 13.5 Å². The molecule has 0 saturated heterocycles. The zero-order valence-electron chi connectivity index (χ0n) is 10.2. The Hall–Kier alpha value is -1.40. The first-order valence-corrected chi connectivity index (χ1v) is 7.21. The number of thiophene rings is 1. The molecule has 1 aromatic heterocycles. The quantitative estimate of drug-likeness (QED) is 0.890. The molecule has 2 rings (SSSR count). The van der Waals surface area contributed by atoms with E-state index in [0.29, 0.717) is 17.8 Å². The average molecular weight is 343 g/mol. The van der Waals surface area contributed by atoms with E-state index in [1.807, 2.05) is 11.4 Å². The third-order valence-corrected chi connectivity index (χ3v) is 4.40. The van der Waals surface area contributed by atoms with Crippen LogP contribution in [0.5, 0.6) is 0 Å². The maximum atomic E-state index is 13.7. The minimum atomic E-state index is -0.638. The van der Waals surface area contributed by atoms with Crippen molar-refractivity contribution < 1.29 is 9.18 Å². The third kappa shape index (κ3) is 3.33. The molecule has 1 heterocycles. The molecule has 1 aromatic carbocycles. The molecular weight excluding hydrogens is 331 g/mol. The average Bonchev–Trinajstić information content (AvgIpc) is 2.76. The van der Waals surface area contributed by atoms with E-state index in [9.17, 15) is 9.18 Å². The fraction of sp³-hybridized carbons (Fsp3) is 0.154. The largest absolute Gasteiger partial charge is 0.380 e. The first-order valence-electron chi connectivity index (χ1n) is 5.54. The lowest BCUT2D eigenvalue weighted by atomic mass is 10.1. The molecule has 0 fully saturated rings. The van der Waals surface area contributed by atoms with Crippen LogP contribution in [-0.2, 0) is 6.54 Å². The van der Waals surface area contributed by atoms with Crippen molar-refractivity contribution in [3.8, 4) is 0 Å². The molecule has 3 N–H and O–H groups in total. The van der Waals surface area contributed by atoms with Gasteiger partial charge in [0.2, 0.25) is 5.91 Å². The number of carbonyl (C=O) groups excluding carboxylic acids is 1. The molecule has 100 valence electrons. The summed E-state index contributed by atoms with van der Waals surface area (Å²) >= 11 is 4.97. The van der Waals surface area contributed by atoms with E-state index in [1.165, 1.54) is 0 Å². The normalized spacial score (nSPS) is 10.5. The maximum absolute atomic E-state index is 13.7. The van der Waals surface area contributed by atoms with Gasteiger partial charge in [0.25, 0.3) is 0 Å². The van der Waals surface area contributed by atoms with E-state index in [1.54, 1.807) is 24.3 Å². The summed E-state index contributed by atoms with van der Waals surface area (Å²) in [5.74, 6) is -1.08. The highest BCUT2D eigenvalue weighted by Crippen LogP contribution is 2.24. The van der Waals surface area contributed by atoms with Crippen LogP contribution >= 0.6 is 27.3 Å². The van der Waals surface area contributed by atoms with Crippen molar-refractivity contribution in [1.29, 1.82) is 0 Å². The molecule has 0 bridgehead atoms. The number of anilines is 1. The van der Waals surface area contributed by atoms with Crippen LogP contribution in [0.2, 0.25) is 0 Å². The molecule has 0 aliphatic rings. The highest BCUT2D eigenvalue weighted by atomic mass is 79.9. The van der Waals surface area contributed by atoms with Crippen LogP contribution in [-0.4, -0.2) is 5.91 Å². The molecule has 19 heavy (non-hydrogen) atoms. The van der Waals surface area contributed by atoms with E-state index < -0.39 is 11.7 Å². The van der Waals surface area contributed by atoms with Crippen molar-refractivity contribution in [3.63, 3.8) is 0 Å². The molecule has 0 atom stereocenters. The van der Waals surface area contributed by atoms with Gasteiger partial charge in [0.1, 0.15) is 5.82 Å². The topological polar surface area (TPSA) is 55.1 Å². The summed E-state index contributed by atoms with van der Waals surface area (Å²) in [4.78, 5) is 12.2. The summed E-state index contributed by atoms with van der Waals surface area (Å²) in [5.41, 5.74) is 6.39. The van der Waals surface area contributed by atoms with Crippen molar-refractivity contribution in [1.82, 2.24) is 0 Å². The number of nitrogens with one attached hydrogen (secondary N) is 1. The van der Waals surface area contributed by atoms with Crippen molar-refractivity contribution in [2.24, 2.45) is 5.73 Å². The highest BCUT2D eigenvalue weighted by molar-refractivity contribution is 9.10. The summed E-state index contributed by atoms with van der Waals surface area (Å²) in [6.07, 6.45) is 0. The second-order valence-corrected chi connectivity index (χ2v) is 5.99. The second kappa shape index (κ2) is 5.71. The number of carbonyl (C=O) groups is 1. The van der Waals surface area contributed by atoms with Crippen LogP contribution in [0.25, 0.3) is 0 Å². The monoisotopic (exact) mass is 342 g/mol. The van der Waals surface area contributed by atoms with E-state index in [2.05, 4.69) is 21.2 Å². The number of hydrogen-bond acceptors (Lipinski definition) is 3. The van der Waals surface area contributed by atoms with Crippen LogP contribution < -0.4 is 11.1 Å². The Balaban J connectivity index is 2.21. The molecule has 0 aliphatic carbocycles. The highest BCUT2D eigenvalue weighted by Gasteiger charge is 2.10. The smallest absolute Gasteiger partial charge is 0.248 e. The van der Waals surface area contributed by atoms with Gasteiger partial charge in [-0.2, -0.15) is 0 Å². The van der Waals surface area contributed by atoms with Gasteiger partial charge in [0, 0.05) is 38.1 Å². The number of primary amides is 1. The molecule has 6 heteroatoms. The van der Waals surface area contributed by atoms with Gasteiger partial charge < -0.3 is 11.1 Å². The zero-order valence-corrected chi connectivity index (χ0v) is 12.6. The predicted molar refractivity (Wildman–Crippen MR) is 79.0 cm³/mol. The summed E-state index contributed by atoms with van der Waals surface area (Å²) in [7, 11) is 0. The number of rotatable bonds is 4. The van der Waals surface area contributed by atoms with Crippen LogP contribution in [0, 0.1) is 12.7 Å². The lowest BCUT2D eigenvalue weighted by Gasteiger charge is -2.11. The van der Waals surface area contributed by atoms with Crippen LogP contribution in [0.3, 0.4) is 0 Å². The number of nitrogens with two attached hydrogens (primary N) is 1. The van der Waals surface area contributed by atoms with E-state index >= 15 is 0 Å². The minimum absolute atomic E-state index is 0.165. The lowest BCUT2D eigenvalue weighted by Crippen LogP contribution is -2.12. The maximum Gasteiger partial charge on any atom is 0.248 e. The molecule has 0 aliphatic heterocycles. The Morgan fingerprint density at radius 1 is 1.47 bits per heavy atom. The van der Waals surface area contributed by atoms with Crippen LogP contribution in [0.4, 0.5) is 10.1 Å². The number of amides is 1. The Morgan fingerprint density at radius 2 is 2.21 bits per heavy atom. The van der Waals surface area contributed by atoms with Crippen LogP contribution in [0.1, 0.15) is 20.8 Å². The van der Waals surface area contributed by atoms with E-state index in [0.717, 1.165) is 15.4 Å². The molecule has 0 radical (unpaired) electrons. The van der Waals surface area contributed by atoms with Gasteiger partial charge in [0.15, 0.2) is 0 Å². The van der Waals surface area contributed by atoms with Gasteiger partial charge in [0.05, 0.1) is 0 Å². The molecule has 0 saturated carbocycles. The Kier molecular flexibility index (Phi) is 4.21. The molecule has 3 nitrogen and oxygen atoms in total. The third-order valence-electron chi connectivity index (χ3n) is 2.70. The van der Waals surface area contributed by atoms with Gasteiger partial charge in [-0.05, 0) is 41.1 Å². The Morgan fingerprint density at radius 3 is 2.79 bits per heavy atom. The fourth-order valence-electron chi connectivity index (χ4n) is 1.63. The van der Waals surface area contributed by atoms with Crippen molar-refractivity contribution >= 4 is 38.9 Å². The van der Waals surface area contributed by atoms with Gasteiger partial charge in [-0.3, -0.25) is 4.79 Å². The Labute approximate surface area is 122 Å². The second-order valence-electron chi connectivity index (χ2n) is 4.08. The fourth-order valence-corrected chi connectivity index (χ4v) is 3.02. The summed E-state index contributed by atoms with van der Waals surface area (Å²) in [5, 5.41) is 5.10. The van der Waals surface area contributed by atoms with Gasteiger partial charge in [-0.1, -0.05) is 0 Å². The SMILES string of the molecule is Cc1c(F)cc(C(N)=O)cc1NCc1cc(Br)cs1. The molecule has 0 unspecified atom stereocenters. The van der Waals surface area contributed by atoms with Crippen molar-refractivity contribution in [3.05, 3.63) is 49.9 Å². The first-order chi connectivity index (χ1) is 8.97. The molecular formula is C13H12BrFN2OS. The zero-order chi connectivity index (χ0) is 14.0. The summed E-state index contributed by atoms with van der Waals surface area (Å²) in [6, 6.07) is 4.72. The van der Waals surface area contributed by atoms with Gasteiger partial charge in [-0.15, -0.1) is 11.3 Å². The van der Waals surface area contributed by atoms with Crippen molar-refractivity contribution in [2.75, 3.05) is 5.32 Å². The molecule has 2 aromatic rings. The summed E-state index contributed by atoms with van der Waals surface area (Å²) < 4.78 is 14.7. The van der Waals surface area contributed by atoms with E-state index in [4.69, 9.17) is 5.73 Å². The number of halogens is 2. The minimum Gasteiger partial charge on any atom is -0.380 e. The number of benzene rings is 1. The van der Waals surface area contributed by atoms with E-state index in [-0.39, 0.29) is 5.56 Å². The number of hydrogen-bond donors (Lipinski definition) is 2. The van der Waals surface area contributed by atoms with Gasteiger partial charge >= 0.3 is 0 Å². The first kappa shape index (κ1) is 14.0. The molecule has 0 spiro atoms. The van der Waals surface area contributed by atoms with Crippen LogP contribution in [0.15, 0.2) is 28.1 Å². The van der Waals surface area contributed by atoms with Gasteiger partial charge in [-0.25, -0.2) is 4.39 Å². The summed E-state index contributed by atoms with van der Waals surface area (Å²) in [6.45, 7) is 2.23. The Bertz CT molecular complexity index is 627. The molecule has 1 amide bonds. The predicted octanol–water partition coefficient (Wildman–Crippen LogP) is 3.67. The standard InChI is InChI=1S/C13H12BrFN2OS/c1-7-11(15)2-8(13(16)18)3-12(7)17-5-10-4-9(14)6-19-10/h2-4,6,17H,5H2,1H3,(H2,16,18).